The Morgan fingerprint density at radius 2 is 1.88 bits per heavy atom. The summed E-state index contributed by atoms with van der Waals surface area (Å²) in [5.41, 5.74) is 0. The van der Waals surface area contributed by atoms with E-state index in [1.807, 2.05) is 24.3 Å². The van der Waals surface area contributed by atoms with Gasteiger partial charge in [0.1, 0.15) is 5.75 Å². The third kappa shape index (κ3) is 3.13. The van der Waals surface area contributed by atoms with Gasteiger partial charge < -0.3 is 9.84 Å². The van der Waals surface area contributed by atoms with Crippen molar-refractivity contribution in [3.63, 3.8) is 0 Å². The summed E-state index contributed by atoms with van der Waals surface area (Å²) in [6, 6.07) is 7.54. The van der Waals surface area contributed by atoms with Crippen LogP contribution < -0.4 is 4.74 Å². The van der Waals surface area contributed by atoms with Crippen LogP contribution in [0, 0.1) is 5.92 Å². The van der Waals surface area contributed by atoms with Gasteiger partial charge in [-0.05, 0) is 43.7 Å². The summed E-state index contributed by atoms with van der Waals surface area (Å²) in [6.45, 7) is 0.705. The highest BCUT2D eigenvalue weighted by atomic mass is 35.5. The molecule has 0 saturated heterocycles. The quantitative estimate of drug-likeness (QED) is 0.879. The Hall–Kier alpha value is -0.730. The first-order chi connectivity index (χ1) is 7.75. The van der Waals surface area contributed by atoms with E-state index in [9.17, 15) is 5.11 Å². The van der Waals surface area contributed by atoms with Crippen molar-refractivity contribution in [3.05, 3.63) is 29.3 Å². The molecule has 1 fully saturated rings. The van der Waals surface area contributed by atoms with Crippen molar-refractivity contribution in [1.82, 2.24) is 0 Å². The van der Waals surface area contributed by atoms with Gasteiger partial charge in [-0.3, -0.25) is 0 Å². The van der Waals surface area contributed by atoms with Crippen molar-refractivity contribution in [2.75, 3.05) is 6.61 Å². The molecule has 1 aromatic carbocycles. The molecule has 1 aliphatic carbocycles. The van der Waals surface area contributed by atoms with Crippen LogP contribution in [0.4, 0.5) is 0 Å². The maximum absolute atomic E-state index is 9.39. The van der Waals surface area contributed by atoms with Gasteiger partial charge in [-0.15, -0.1) is 0 Å². The molecule has 0 aliphatic heterocycles. The minimum absolute atomic E-state index is 0.100. The van der Waals surface area contributed by atoms with E-state index in [-0.39, 0.29) is 6.10 Å². The Labute approximate surface area is 101 Å². The predicted octanol–water partition coefficient (Wildman–Crippen LogP) is 3.27. The zero-order valence-electron chi connectivity index (χ0n) is 9.23. The molecule has 0 bridgehead atoms. The molecule has 88 valence electrons. The summed E-state index contributed by atoms with van der Waals surface area (Å²) < 4.78 is 5.70. The average Bonchev–Trinajstić information content (AvgIpc) is 2.30. The number of aliphatic hydroxyl groups excluding tert-OH is 1. The Balaban J connectivity index is 1.81. The fraction of sp³-hybridized carbons (Fsp3) is 0.538. The van der Waals surface area contributed by atoms with Crippen LogP contribution >= 0.6 is 11.6 Å². The number of rotatable bonds is 3. The topological polar surface area (TPSA) is 29.5 Å². The number of para-hydroxylation sites is 1. The van der Waals surface area contributed by atoms with Crippen LogP contribution in [0.2, 0.25) is 5.02 Å². The van der Waals surface area contributed by atoms with Crippen LogP contribution in [-0.4, -0.2) is 17.8 Å². The Kier molecular flexibility index (Phi) is 4.08. The molecule has 0 amide bonds. The molecule has 3 heteroatoms. The highest BCUT2D eigenvalue weighted by Gasteiger charge is 2.19. The van der Waals surface area contributed by atoms with Crippen molar-refractivity contribution in [1.29, 1.82) is 0 Å². The van der Waals surface area contributed by atoms with E-state index in [4.69, 9.17) is 16.3 Å². The lowest BCUT2D eigenvalue weighted by atomic mass is 9.88. The number of hydrogen-bond donors (Lipinski definition) is 1. The molecule has 0 heterocycles. The summed E-state index contributed by atoms with van der Waals surface area (Å²) in [7, 11) is 0. The molecule has 1 N–H and O–H groups in total. The molecule has 16 heavy (non-hydrogen) atoms. The number of hydrogen-bond acceptors (Lipinski definition) is 2. The van der Waals surface area contributed by atoms with Crippen LogP contribution in [0.1, 0.15) is 25.7 Å². The summed E-state index contributed by atoms with van der Waals surface area (Å²) >= 11 is 6.00. The minimum Gasteiger partial charge on any atom is -0.492 e. The van der Waals surface area contributed by atoms with Gasteiger partial charge in [0, 0.05) is 0 Å². The molecule has 1 aliphatic rings. The lowest BCUT2D eigenvalue weighted by Gasteiger charge is -2.25. The average molecular weight is 241 g/mol. The Morgan fingerprint density at radius 1 is 1.19 bits per heavy atom. The van der Waals surface area contributed by atoms with E-state index in [0.29, 0.717) is 17.5 Å². The van der Waals surface area contributed by atoms with Gasteiger partial charge in [0.25, 0.3) is 0 Å². The van der Waals surface area contributed by atoms with E-state index in [2.05, 4.69) is 0 Å². The molecule has 0 aromatic heterocycles. The van der Waals surface area contributed by atoms with Crippen LogP contribution in [-0.2, 0) is 0 Å². The molecule has 2 nitrogen and oxygen atoms in total. The third-order valence-electron chi connectivity index (χ3n) is 3.13. The van der Waals surface area contributed by atoms with E-state index in [1.165, 1.54) is 0 Å². The van der Waals surface area contributed by atoms with E-state index < -0.39 is 0 Å². The van der Waals surface area contributed by atoms with Crippen LogP contribution in [0.15, 0.2) is 24.3 Å². The fourth-order valence-corrected chi connectivity index (χ4v) is 2.27. The molecule has 0 atom stereocenters. The summed E-state index contributed by atoms with van der Waals surface area (Å²) in [4.78, 5) is 0. The second-order valence-electron chi connectivity index (χ2n) is 4.42. The second-order valence-corrected chi connectivity index (χ2v) is 4.82. The third-order valence-corrected chi connectivity index (χ3v) is 3.44. The largest absolute Gasteiger partial charge is 0.492 e. The van der Waals surface area contributed by atoms with Gasteiger partial charge in [0.05, 0.1) is 17.7 Å². The fourth-order valence-electron chi connectivity index (χ4n) is 2.08. The summed E-state index contributed by atoms with van der Waals surface area (Å²) in [5.74, 6) is 1.31. The maximum Gasteiger partial charge on any atom is 0.137 e. The highest BCUT2D eigenvalue weighted by molar-refractivity contribution is 6.32. The Bertz CT molecular complexity index is 332. The van der Waals surface area contributed by atoms with Crippen molar-refractivity contribution >= 4 is 11.6 Å². The van der Waals surface area contributed by atoms with Gasteiger partial charge in [-0.1, -0.05) is 23.7 Å². The van der Waals surface area contributed by atoms with Crippen molar-refractivity contribution in [2.45, 2.75) is 31.8 Å². The van der Waals surface area contributed by atoms with Crippen molar-refractivity contribution < 1.29 is 9.84 Å². The lowest BCUT2D eigenvalue weighted by Crippen LogP contribution is -2.22. The smallest absolute Gasteiger partial charge is 0.137 e. The predicted molar refractivity (Wildman–Crippen MR) is 64.9 cm³/mol. The first kappa shape index (κ1) is 11.7. The molecular weight excluding hydrogens is 224 g/mol. The molecule has 0 spiro atoms. The van der Waals surface area contributed by atoms with Gasteiger partial charge in [0.2, 0.25) is 0 Å². The van der Waals surface area contributed by atoms with Gasteiger partial charge in [0.15, 0.2) is 0 Å². The second kappa shape index (κ2) is 5.55. The minimum atomic E-state index is -0.100. The zero-order valence-corrected chi connectivity index (χ0v) is 9.99. The highest BCUT2D eigenvalue weighted by Crippen LogP contribution is 2.27. The number of aliphatic hydroxyl groups is 1. The van der Waals surface area contributed by atoms with Gasteiger partial charge in [-0.25, -0.2) is 0 Å². The number of ether oxygens (including phenoxy) is 1. The molecule has 0 unspecified atom stereocenters. The molecular formula is C13H17ClO2. The lowest BCUT2D eigenvalue weighted by molar-refractivity contribution is 0.0917. The standard InChI is InChI=1S/C13H17ClO2/c14-12-3-1-2-4-13(12)16-9-10-5-7-11(15)8-6-10/h1-4,10-11,15H,5-9H2. The first-order valence-electron chi connectivity index (χ1n) is 5.81. The van der Waals surface area contributed by atoms with Crippen molar-refractivity contribution in [2.24, 2.45) is 5.92 Å². The van der Waals surface area contributed by atoms with E-state index in [0.717, 1.165) is 31.4 Å². The van der Waals surface area contributed by atoms with Gasteiger partial charge in [-0.2, -0.15) is 0 Å². The molecule has 1 aromatic rings. The van der Waals surface area contributed by atoms with E-state index >= 15 is 0 Å². The molecule has 1 saturated carbocycles. The first-order valence-corrected chi connectivity index (χ1v) is 6.19. The van der Waals surface area contributed by atoms with Gasteiger partial charge >= 0.3 is 0 Å². The van der Waals surface area contributed by atoms with E-state index in [1.54, 1.807) is 0 Å². The maximum atomic E-state index is 9.39. The SMILES string of the molecule is OC1CCC(COc2ccccc2Cl)CC1. The number of halogens is 1. The van der Waals surface area contributed by atoms with Crippen LogP contribution in [0.5, 0.6) is 5.75 Å². The zero-order chi connectivity index (χ0) is 11.4. The van der Waals surface area contributed by atoms with Crippen molar-refractivity contribution in [3.8, 4) is 5.75 Å². The summed E-state index contributed by atoms with van der Waals surface area (Å²) in [6.07, 6.45) is 3.79. The number of benzene rings is 1. The monoisotopic (exact) mass is 240 g/mol. The van der Waals surface area contributed by atoms with Crippen LogP contribution in [0.3, 0.4) is 0 Å². The normalized spacial score (nSPS) is 25.4. The molecule has 2 rings (SSSR count). The summed E-state index contributed by atoms with van der Waals surface area (Å²) in [5, 5.41) is 10.1. The Morgan fingerprint density at radius 3 is 2.56 bits per heavy atom. The van der Waals surface area contributed by atoms with Crippen LogP contribution in [0.25, 0.3) is 0 Å². The molecule has 0 radical (unpaired) electrons.